The van der Waals surface area contributed by atoms with E-state index in [1.54, 1.807) is 6.92 Å². The van der Waals surface area contributed by atoms with Crippen molar-refractivity contribution >= 4 is 22.5 Å². The molecule has 0 atom stereocenters. The van der Waals surface area contributed by atoms with Crippen molar-refractivity contribution in [3.8, 4) is 0 Å². The molecule has 2 aromatic carbocycles. The molecular weight excluding hydrogens is 302 g/mol. The summed E-state index contributed by atoms with van der Waals surface area (Å²) in [4.78, 5) is 20.9. The second-order valence-electron chi connectivity index (χ2n) is 5.83. The number of aromatic amines is 1. The van der Waals surface area contributed by atoms with Gasteiger partial charge in [-0.3, -0.25) is 9.89 Å². The molecule has 6 heteroatoms. The van der Waals surface area contributed by atoms with Crippen molar-refractivity contribution in [2.45, 2.75) is 20.4 Å². The Kier molecular flexibility index (Phi) is 3.30. The predicted molar refractivity (Wildman–Crippen MR) is 94.4 cm³/mol. The summed E-state index contributed by atoms with van der Waals surface area (Å²) in [7, 11) is 0. The van der Waals surface area contributed by atoms with Gasteiger partial charge >= 0.3 is 0 Å². The third kappa shape index (κ3) is 2.32. The Bertz CT molecular complexity index is 1100. The molecule has 0 aliphatic carbocycles. The van der Waals surface area contributed by atoms with Gasteiger partial charge in [0.15, 0.2) is 0 Å². The third-order valence-electron chi connectivity index (χ3n) is 4.29. The van der Waals surface area contributed by atoms with Gasteiger partial charge in [-0.05, 0) is 30.2 Å². The van der Waals surface area contributed by atoms with Crippen molar-refractivity contribution in [3.05, 3.63) is 69.6 Å². The first-order chi connectivity index (χ1) is 11.6. The van der Waals surface area contributed by atoms with Gasteiger partial charge in [0.25, 0.3) is 11.3 Å². The molecule has 120 valence electrons. The number of hydrogen-bond acceptors (Lipinski definition) is 4. The van der Waals surface area contributed by atoms with Crippen LogP contribution in [0.4, 0.5) is 5.95 Å². The Labute approximate surface area is 138 Å². The fourth-order valence-corrected chi connectivity index (χ4v) is 2.81. The molecule has 0 radical (unpaired) electrons. The minimum Gasteiger partial charge on any atom is -0.350 e. The lowest BCUT2D eigenvalue weighted by molar-refractivity contribution is 0.871. The van der Waals surface area contributed by atoms with Gasteiger partial charge in [0.1, 0.15) is 0 Å². The normalized spacial score (nSPS) is 11.2. The second kappa shape index (κ2) is 5.49. The zero-order valence-electron chi connectivity index (χ0n) is 13.5. The van der Waals surface area contributed by atoms with E-state index in [1.807, 2.05) is 25.1 Å². The Balaban J connectivity index is 1.67. The molecule has 0 saturated carbocycles. The minimum atomic E-state index is -0.122. The monoisotopic (exact) mass is 319 g/mol. The summed E-state index contributed by atoms with van der Waals surface area (Å²) in [6, 6.07) is 14.5. The Hall–Kier alpha value is -3.15. The lowest BCUT2D eigenvalue weighted by atomic mass is 10.0. The first-order valence-electron chi connectivity index (χ1n) is 7.80. The SMILES string of the molecule is Cc1nc2nc(NCc3cccc4ccccc34)[nH]n2c(=O)c1C. The summed E-state index contributed by atoms with van der Waals surface area (Å²) < 4.78 is 1.37. The van der Waals surface area contributed by atoms with Crippen molar-refractivity contribution in [1.29, 1.82) is 0 Å². The number of H-pyrrole nitrogens is 1. The Morgan fingerprint density at radius 3 is 2.75 bits per heavy atom. The van der Waals surface area contributed by atoms with Crippen LogP contribution in [0.2, 0.25) is 0 Å². The highest BCUT2D eigenvalue weighted by atomic mass is 16.1. The molecule has 24 heavy (non-hydrogen) atoms. The van der Waals surface area contributed by atoms with Gasteiger partial charge in [0.05, 0.1) is 0 Å². The van der Waals surface area contributed by atoms with E-state index in [9.17, 15) is 4.79 Å². The molecule has 0 saturated heterocycles. The molecule has 0 bridgehead atoms. The first kappa shape index (κ1) is 14.4. The maximum Gasteiger partial charge on any atom is 0.277 e. The fraction of sp³-hybridized carbons (Fsp3) is 0.167. The number of fused-ring (bicyclic) bond motifs is 2. The maximum atomic E-state index is 12.2. The van der Waals surface area contributed by atoms with Crippen LogP contribution in [0, 0.1) is 13.8 Å². The van der Waals surface area contributed by atoms with Crippen LogP contribution in [-0.4, -0.2) is 19.6 Å². The van der Waals surface area contributed by atoms with E-state index in [1.165, 1.54) is 20.9 Å². The van der Waals surface area contributed by atoms with E-state index in [4.69, 9.17) is 0 Å². The molecule has 6 nitrogen and oxygen atoms in total. The highest BCUT2D eigenvalue weighted by Gasteiger charge is 2.10. The average molecular weight is 319 g/mol. The van der Waals surface area contributed by atoms with Crippen LogP contribution < -0.4 is 10.9 Å². The number of benzene rings is 2. The molecule has 2 N–H and O–H groups in total. The summed E-state index contributed by atoms with van der Waals surface area (Å²) in [5.41, 5.74) is 2.37. The summed E-state index contributed by atoms with van der Waals surface area (Å²) in [5, 5.41) is 8.61. The van der Waals surface area contributed by atoms with Gasteiger partial charge in [-0.2, -0.15) is 9.50 Å². The van der Waals surface area contributed by atoms with Crippen molar-refractivity contribution in [1.82, 2.24) is 19.6 Å². The maximum absolute atomic E-state index is 12.2. The molecule has 0 spiro atoms. The molecule has 0 amide bonds. The number of nitrogens with zero attached hydrogens (tertiary/aromatic N) is 3. The van der Waals surface area contributed by atoms with Gasteiger partial charge < -0.3 is 5.32 Å². The van der Waals surface area contributed by atoms with Gasteiger partial charge in [0.2, 0.25) is 5.95 Å². The molecule has 0 aliphatic heterocycles. The minimum absolute atomic E-state index is 0.122. The number of anilines is 1. The van der Waals surface area contributed by atoms with Crippen LogP contribution in [0.25, 0.3) is 16.6 Å². The Morgan fingerprint density at radius 2 is 1.88 bits per heavy atom. The van der Waals surface area contributed by atoms with Gasteiger partial charge in [-0.1, -0.05) is 42.5 Å². The van der Waals surface area contributed by atoms with E-state index >= 15 is 0 Å². The van der Waals surface area contributed by atoms with Gasteiger partial charge in [-0.15, -0.1) is 0 Å². The van der Waals surface area contributed by atoms with E-state index in [0.717, 1.165) is 0 Å². The second-order valence-corrected chi connectivity index (χ2v) is 5.83. The molecule has 4 aromatic rings. The quantitative estimate of drug-likeness (QED) is 0.609. The highest BCUT2D eigenvalue weighted by molar-refractivity contribution is 5.85. The number of nitrogens with one attached hydrogen (secondary N) is 2. The van der Waals surface area contributed by atoms with E-state index in [2.05, 4.69) is 44.6 Å². The first-order valence-corrected chi connectivity index (χ1v) is 7.80. The van der Waals surface area contributed by atoms with Crippen LogP contribution in [0.3, 0.4) is 0 Å². The van der Waals surface area contributed by atoms with Crippen molar-refractivity contribution in [2.24, 2.45) is 0 Å². The smallest absolute Gasteiger partial charge is 0.277 e. The van der Waals surface area contributed by atoms with Crippen LogP contribution >= 0.6 is 0 Å². The summed E-state index contributed by atoms with van der Waals surface area (Å²) in [6.45, 7) is 4.18. The highest BCUT2D eigenvalue weighted by Crippen LogP contribution is 2.19. The lowest BCUT2D eigenvalue weighted by Crippen LogP contribution is -2.19. The van der Waals surface area contributed by atoms with Crippen LogP contribution in [0.15, 0.2) is 47.3 Å². The third-order valence-corrected chi connectivity index (χ3v) is 4.29. The molecule has 0 fully saturated rings. The molecule has 0 aliphatic rings. The summed E-state index contributed by atoms with van der Waals surface area (Å²) in [6.07, 6.45) is 0. The topological polar surface area (TPSA) is 75.1 Å². The van der Waals surface area contributed by atoms with E-state index < -0.39 is 0 Å². The zero-order valence-corrected chi connectivity index (χ0v) is 13.5. The molecule has 2 heterocycles. The fourth-order valence-electron chi connectivity index (χ4n) is 2.81. The van der Waals surface area contributed by atoms with Gasteiger partial charge in [0, 0.05) is 17.8 Å². The van der Waals surface area contributed by atoms with E-state index in [0.29, 0.717) is 29.5 Å². The zero-order chi connectivity index (χ0) is 16.7. The number of aryl methyl sites for hydroxylation is 1. The van der Waals surface area contributed by atoms with Crippen LogP contribution in [0.1, 0.15) is 16.8 Å². The lowest BCUT2D eigenvalue weighted by Gasteiger charge is -2.07. The molecule has 2 aromatic heterocycles. The van der Waals surface area contributed by atoms with E-state index in [-0.39, 0.29) is 5.56 Å². The number of rotatable bonds is 3. The number of hydrogen-bond donors (Lipinski definition) is 2. The van der Waals surface area contributed by atoms with Crippen LogP contribution in [-0.2, 0) is 6.54 Å². The molecule has 4 rings (SSSR count). The average Bonchev–Trinajstić information content (AvgIpc) is 3.01. The molecule has 0 unspecified atom stereocenters. The standard InChI is InChI=1S/C18H17N5O/c1-11-12(2)20-18-21-17(22-23(18)16(11)24)19-10-14-8-5-7-13-6-3-4-9-15(13)14/h3-9H,10H2,1-2H3,(H2,19,20,21,22). The Morgan fingerprint density at radius 1 is 1.08 bits per heavy atom. The summed E-state index contributed by atoms with van der Waals surface area (Å²) >= 11 is 0. The van der Waals surface area contributed by atoms with Crippen molar-refractivity contribution in [3.63, 3.8) is 0 Å². The summed E-state index contributed by atoms with van der Waals surface area (Å²) in [5.74, 6) is 0.904. The predicted octanol–water partition coefficient (Wildman–Crippen LogP) is 2.80. The van der Waals surface area contributed by atoms with Crippen molar-refractivity contribution in [2.75, 3.05) is 5.32 Å². The van der Waals surface area contributed by atoms with Crippen LogP contribution in [0.5, 0.6) is 0 Å². The number of aromatic nitrogens is 4. The van der Waals surface area contributed by atoms with Crippen molar-refractivity contribution < 1.29 is 0 Å². The van der Waals surface area contributed by atoms with Gasteiger partial charge in [-0.25, -0.2) is 4.98 Å². The largest absolute Gasteiger partial charge is 0.350 e. The molecular formula is C18H17N5O.